The number of aromatic nitrogens is 1. The predicted octanol–water partition coefficient (Wildman–Crippen LogP) is -1.12. The first-order valence-corrected chi connectivity index (χ1v) is 4.85. The summed E-state index contributed by atoms with van der Waals surface area (Å²) in [5.74, 6) is -0.248. The SMILES string of the molecule is CN(CCO)C(=O)Cn1cc(N)ccc1=O. The first-order chi connectivity index (χ1) is 7.54. The number of likely N-dealkylation sites (N-methyl/N-ethyl adjacent to an activating group) is 1. The molecule has 0 atom stereocenters. The second-order valence-corrected chi connectivity index (χ2v) is 3.47. The Morgan fingerprint density at radius 1 is 1.56 bits per heavy atom. The van der Waals surface area contributed by atoms with Crippen LogP contribution in [-0.2, 0) is 11.3 Å². The highest BCUT2D eigenvalue weighted by atomic mass is 16.3. The zero-order valence-electron chi connectivity index (χ0n) is 9.09. The smallest absolute Gasteiger partial charge is 0.251 e. The zero-order valence-corrected chi connectivity index (χ0v) is 9.09. The predicted molar refractivity (Wildman–Crippen MR) is 59.8 cm³/mol. The fourth-order valence-electron chi connectivity index (χ4n) is 1.21. The number of nitrogens with zero attached hydrogens (tertiary/aromatic N) is 2. The number of carbonyl (C=O) groups is 1. The van der Waals surface area contributed by atoms with Crippen molar-refractivity contribution in [1.29, 1.82) is 0 Å². The molecule has 0 spiro atoms. The summed E-state index contributed by atoms with van der Waals surface area (Å²) < 4.78 is 1.24. The van der Waals surface area contributed by atoms with Crippen molar-refractivity contribution in [2.75, 3.05) is 25.9 Å². The number of nitrogen functional groups attached to an aromatic ring is 1. The largest absolute Gasteiger partial charge is 0.398 e. The number of nitrogens with two attached hydrogens (primary N) is 1. The van der Waals surface area contributed by atoms with Crippen molar-refractivity contribution in [3.05, 3.63) is 28.7 Å². The third-order valence-corrected chi connectivity index (χ3v) is 2.17. The average Bonchev–Trinajstić information content (AvgIpc) is 2.23. The number of aliphatic hydroxyl groups excluding tert-OH is 1. The standard InChI is InChI=1S/C10H15N3O3/c1-12(4-5-14)10(16)7-13-6-8(11)2-3-9(13)15/h2-3,6,14H,4-5,7,11H2,1H3. The molecular formula is C10H15N3O3. The van der Waals surface area contributed by atoms with E-state index in [0.717, 1.165) is 0 Å². The van der Waals surface area contributed by atoms with E-state index in [9.17, 15) is 9.59 Å². The number of hydrogen-bond acceptors (Lipinski definition) is 4. The molecule has 0 aliphatic carbocycles. The van der Waals surface area contributed by atoms with Crippen LogP contribution in [0, 0.1) is 0 Å². The van der Waals surface area contributed by atoms with Crippen LogP contribution in [0.5, 0.6) is 0 Å². The van der Waals surface area contributed by atoms with Gasteiger partial charge in [-0.3, -0.25) is 9.59 Å². The lowest BCUT2D eigenvalue weighted by molar-refractivity contribution is -0.131. The summed E-state index contributed by atoms with van der Waals surface area (Å²) in [6.45, 7) is 0.0738. The van der Waals surface area contributed by atoms with Gasteiger partial charge < -0.3 is 20.3 Å². The maximum Gasteiger partial charge on any atom is 0.251 e. The molecule has 0 aromatic carbocycles. The van der Waals surface area contributed by atoms with Crippen LogP contribution in [0.15, 0.2) is 23.1 Å². The number of amides is 1. The van der Waals surface area contributed by atoms with E-state index in [0.29, 0.717) is 5.69 Å². The normalized spacial score (nSPS) is 10.1. The van der Waals surface area contributed by atoms with Crippen molar-refractivity contribution >= 4 is 11.6 Å². The van der Waals surface area contributed by atoms with Crippen LogP contribution >= 0.6 is 0 Å². The molecule has 1 aromatic rings. The molecule has 0 aliphatic heterocycles. The molecule has 0 saturated carbocycles. The van der Waals surface area contributed by atoms with Crippen molar-refractivity contribution in [3.63, 3.8) is 0 Å². The molecule has 3 N–H and O–H groups in total. The van der Waals surface area contributed by atoms with Gasteiger partial charge in [0.25, 0.3) is 5.56 Å². The quantitative estimate of drug-likeness (QED) is 0.679. The van der Waals surface area contributed by atoms with Crippen LogP contribution in [0.4, 0.5) is 5.69 Å². The summed E-state index contributed by atoms with van der Waals surface area (Å²) in [4.78, 5) is 24.3. The molecule has 0 radical (unpaired) electrons. The molecule has 1 heterocycles. The van der Waals surface area contributed by atoms with Crippen LogP contribution in [0.3, 0.4) is 0 Å². The Morgan fingerprint density at radius 2 is 2.25 bits per heavy atom. The van der Waals surface area contributed by atoms with Gasteiger partial charge in [0, 0.05) is 31.5 Å². The fourth-order valence-corrected chi connectivity index (χ4v) is 1.21. The molecule has 6 heteroatoms. The molecule has 16 heavy (non-hydrogen) atoms. The van der Waals surface area contributed by atoms with Gasteiger partial charge in [-0.2, -0.15) is 0 Å². The Bertz CT molecular complexity index is 428. The molecule has 1 amide bonds. The Hall–Kier alpha value is -1.82. The minimum atomic E-state index is -0.278. The minimum absolute atomic E-state index is 0.0691. The molecule has 1 rings (SSSR count). The number of rotatable bonds is 4. The molecule has 88 valence electrons. The number of pyridine rings is 1. The Balaban J connectivity index is 2.76. The van der Waals surface area contributed by atoms with Crippen LogP contribution in [0.2, 0.25) is 0 Å². The van der Waals surface area contributed by atoms with Gasteiger partial charge in [0.15, 0.2) is 0 Å². The molecular weight excluding hydrogens is 210 g/mol. The Labute approximate surface area is 92.9 Å². The van der Waals surface area contributed by atoms with Gasteiger partial charge in [-0.25, -0.2) is 0 Å². The summed E-state index contributed by atoms with van der Waals surface area (Å²) in [5.41, 5.74) is 5.66. The van der Waals surface area contributed by atoms with E-state index < -0.39 is 0 Å². The second kappa shape index (κ2) is 5.32. The summed E-state index contributed by atoms with van der Waals surface area (Å²) in [6, 6.07) is 2.80. The lowest BCUT2D eigenvalue weighted by Gasteiger charge is -2.16. The van der Waals surface area contributed by atoms with E-state index in [2.05, 4.69) is 0 Å². The summed E-state index contributed by atoms with van der Waals surface area (Å²) in [7, 11) is 1.57. The topological polar surface area (TPSA) is 88.6 Å². The average molecular weight is 225 g/mol. The fraction of sp³-hybridized carbons (Fsp3) is 0.400. The summed E-state index contributed by atoms with van der Waals surface area (Å²) >= 11 is 0. The highest BCUT2D eigenvalue weighted by Crippen LogP contribution is 1.96. The Morgan fingerprint density at radius 3 is 2.88 bits per heavy atom. The maximum absolute atomic E-state index is 11.6. The molecule has 6 nitrogen and oxygen atoms in total. The van der Waals surface area contributed by atoms with Crippen molar-refractivity contribution < 1.29 is 9.90 Å². The number of carbonyl (C=O) groups excluding carboxylic acids is 1. The van der Waals surface area contributed by atoms with Gasteiger partial charge in [0.05, 0.1) is 6.61 Å². The van der Waals surface area contributed by atoms with Gasteiger partial charge in [-0.05, 0) is 6.07 Å². The van der Waals surface area contributed by atoms with E-state index in [1.807, 2.05) is 0 Å². The van der Waals surface area contributed by atoms with Crippen LogP contribution in [0.1, 0.15) is 0 Å². The van der Waals surface area contributed by atoms with Crippen molar-refractivity contribution in [2.24, 2.45) is 0 Å². The van der Waals surface area contributed by atoms with E-state index in [-0.39, 0.29) is 31.2 Å². The minimum Gasteiger partial charge on any atom is -0.398 e. The molecule has 0 bridgehead atoms. The highest BCUT2D eigenvalue weighted by Gasteiger charge is 2.09. The van der Waals surface area contributed by atoms with Gasteiger partial charge >= 0.3 is 0 Å². The summed E-state index contributed by atoms with van der Waals surface area (Å²) in [5, 5.41) is 8.67. The lowest BCUT2D eigenvalue weighted by atomic mass is 10.4. The third-order valence-electron chi connectivity index (χ3n) is 2.17. The van der Waals surface area contributed by atoms with E-state index in [1.54, 1.807) is 7.05 Å². The Kier molecular flexibility index (Phi) is 4.07. The monoisotopic (exact) mass is 225 g/mol. The number of anilines is 1. The van der Waals surface area contributed by atoms with E-state index in [1.165, 1.54) is 27.8 Å². The summed E-state index contributed by atoms with van der Waals surface area (Å²) in [6.07, 6.45) is 1.42. The van der Waals surface area contributed by atoms with Crippen LogP contribution < -0.4 is 11.3 Å². The van der Waals surface area contributed by atoms with Crippen LogP contribution in [-0.4, -0.2) is 40.7 Å². The van der Waals surface area contributed by atoms with Gasteiger partial charge in [-0.1, -0.05) is 0 Å². The van der Waals surface area contributed by atoms with Crippen LogP contribution in [0.25, 0.3) is 0 Å². The highest BCUT2D eigenvalue weighted by molar-refractivity contribution is 5.75. The maximum atomic E-state index is 11.6. The van der Waals surface area contributed by atoms with Crippen molar-refractivity contribution in [3.8, 4) is 0 Å². The molecule has 0 fully saturated rings. The molecule has 0 unspecified atom stereocenters. The third kappa shape index (κ3) is 3.09. The zero-order chi connectivity index (χ0) is 12.1. The molecule has 0 saturated heterocycles. The number of aliphatic hydroxyl groups is 1. The number of hydrogen-bond donors (Lipinski definition) is 2. The second-order valence-electron chi connectivity index (χ2n) is 3.47. The van der Waals surface area contributed by atoms with Gasteiger partial charge in [0.1, 0.15) is 6.54 Å². The van der Waals surface area contributed by atoms with Gasteiger partial charge in [0.2, 0.25) is 5.91 Å². The van der Waals surface area contributed by atoms with Crippen molar-refractivity contribution in [2.45, 2.75) is 6.54 Å². The van der Waals surface area contributed by atoms with E-state index in [4.69, 9.17) is 10.8 Å². The van der Waals surface area contributed by atoms with Crippen molar-refractivity contribution in [1.82, 2.24) is 9.47 Å². The van der Waals surface area contributed by atoms with Gasteiger partial charge in [-0.15, -0.1) is 0 Å². The lowest BCUT2D eigenvalue weighted by Crippen LogP contribution is -2.35. The first kappa shape index (κ1) is 12.3. The molecule has 1 aromatic heterocycles. The first-order valence-electron chi connectivity index (χ1n) is 4.85. The molecule has 0 aliphatic rings. The van der Waals surface area contributed by atoms with E-state index >= 15 is 0 Å².